The van der Waals surface area contributed by atoms with Gasteiger partial charge in [0.2, 0.25) is 11.0 Å². The van der Waals surface area contributed by atoms with Gasteiger partial charge in [-0.05, 0) is 49.8 Å². The fourth-order valence-corrected chi connectivity index (χ4v) is 4.73. The molecular formula is C19H26N4OS2. The van der Waals surface area contributed by atoms with Gasteiger partial charge in [-0.3, -0.25) is 4.79 Å². The molecule has 0 unspecified atom stereocenters. The normalized spacial score (nSPS) is 17.5. The number of carbonyl (C=O) groups excluding carboxylic acids is 1. The summed E-state index contributed by atoms with van der Waals surface area (Å²) in [6.45, 7) is 7.39. The van der Waals surface area contributed by atoms with E-state index in [4.69, 9.17) is 0 Å². The quantitative estimate of drug-likeness (QED) is 0.711. The van der Waals surface area contributed by atoms with Gasteiger partial charge in [0.1, 0.15) is 0 Å². The van der Waals surface area contributed by atoms with Crippen LogP contribution in [0.5, 0.6) is 0 Å². The highest BCUT2D eigenvalue weighted by molar-refractivity contribution is 8.01. The molecule has 1 fully saturated rings. The number of hydrogen-bond donors (Lipinski definition) is 1. The Morgan fingerprint density at radius 3 is 2.77 bits per heavy atom. The zero-order chi connectivity index (χ0) is 18.5. The number of nitrogens with zero attached hydrogens (tertiary/aromatic N) is 3. The lowest BCUT2D eigenvalue weighted by Crippen LogP contribution is -2.42. The molecule has 3 rings (SSSR count). The predicted molar refractivity (Wildman–Crippen MR) is 109 cm³/mol. The zero-order valence-corrected chi connectivity index (χ0v) is 17.2. The van der Waals surface area contributed by atoms with E-state index in [9.17, 15) is 4.79 Å². The van der Waals surface area contributed by atoms with Crippen LogP contribution < -0.4 is 5.32 Å². The summed E-state index contributed by atoms with van der Waals surface area (Å²) < 4.78 is 0.823. The first kappa shape index (κ1) is 19.2. The first-order valence-electron chi connectivity index (χ1n) is 9.15. The summed E-state index contributed by atoms with van der Waals surface area (Å²) in [5, 5.41) is 12.4. The summed E-state index contributed by atoms with van der Waals surface area (Å²) in [5.74, 6) is 1.16. The number of piperidine rings is 1. The average molecular weight is 391 g/mol. The Kier molecular flexibility index (Phi) is 6.53. The SMILES string of the molecule is CC(C)c1ccc(Nc2nnc(SCC(=O)N3CCCC[C@H]3C)s2)cc1. The second-order valence-corrected chi connectivity index (χ2v) is 9.20. The third-order valence-corrected chi connectivity index (χ3v) is 6.63. The van der Waals surface area contributed by atoms with Crippen molar-refractivity contribution >= 4 is 39.8 Å². The van der Waals surface area contributed by atoms with Crippen LogP contribution in [0.1, 0.15) is 51.5 Å². The standard InChI is InChI=1S/C19H26N4OS2/c1-13(2)15-7-9-16(10-8-15)20-18-21-22-19(26-18)25-12-17(24)23-11-5-4-6-14(23)3/h7-10,13-14H,4-6,11-12H2,1-3H3,(H,20,21)/t14-/m1/s1. The largest absolute Gasteiger partial charge is 0.339 e. The van der Waals surface area contributed by atoms with Crippen molar-refractivity contribution in [3.05, 3.63) is 29.8 Å². The van der Waals surface area contributed by atoms with Crippen molar-refractivity contribution in [1.82, 2.24) is 15.1 Å². The van der Waals surface area contributed by atoms with Crippen LogP contribution in [0, 0.1) is 0 Å². The number of aromatic nitrogens is 2. The molecule has 26 heavy (non-hydrogen) atoms. The molecule has 1 amide bonds. The van der Waals surface area contributed by atoms with E-state index in [0.29, 0.717) is 17.7 Å². The zero-order valence-electron chi connectivity index (χ0n) is 15.6. The molecule has 0 radical (unpaired) electrons. The molecule has 1 aliphatic heterocycles. The molecule has 0 bridgehead atoms. The summed E-state index contributed by atoms with van der Waals surface area (Å²) in [6.07, 6.45) is 3.45. The molecule has 2 aromatic rings. The van der Waals surface area contributed by atoms with E-state index in [-0.39, 0.29) is 5.91 Å². The van der Waals surface area contributed by atoms with Crippen LogP contribution in [0.25, 0.3) is 0 Å². The van der Waals surface area contributed by atoms with Crippen molar-refractivity contribution in [2.75, 3.05) is 17.6 Å². The van der Waals surface area contributed by atoms with Gasteiger partial charge in [0.15, 0.2) is 4.34 Å². The molecule has 0 spiro atoms. The Morgan fingerprint density at radius 1 is 1.31 bits per heavy atom. The number of nitrogens with one attached hydrogen (secondary N) is 1. The maximum absolute atomic E-state index is 12.4. The summed E-state index contributed by atoms with van der Waals surface area (Å²) in [4.78, 5) is 14.4. The van der Waals surface area contributed by atoms with Gasteiger partial charge in [0.25, 0.3) is 0 Å². The van der Waals surface area contributed by atoms with Crippen molar-refractivity contribution in [2.45, 2.75) is 56.3 Å². The van der Waals surface area contributed by atoms with Crippen molar-refractivity contribution in [3.8, 4) is 0 Å². The fraction of sp³-hybridized carbons (Fsp3) is 0.526. The summed E-state index contributed by atoms with van der Waals surface area (Å²) in [6, 6.07) is 8.73. The Balaban J connectivity index is 1.52. The number of carbonyl (C=O) groups is 1. The third kappa shape index (κ3) is 4.98. The van der Waals surface area contributed by atoms with E-state index in [2.05, 4.69) is 60.6 Å². The number of likely N-dealkylation sites (tertiary alicyclic amines) is 1. The van der Waals surface area contributed by atoms with Crippen LogP contribution in [0.2, 0.25) is 0 Å². The molecule has 0 aliphatic carbocycles. The molecule has 1 aliphatic rings. The van der Waals surface area contributed by atoms with Crippen molar-refractivity contribution in [1.29, 1.82) is 0 Å². The van der Waals surface area contributed by atoms with E-state index in [1.54, 1.807) is 0 Å². The topological polar surface area (TPSA) is 58.1 Å². The van der Waals surface area contributed by atoms with E-state index in [0.717, 1.165) is 34.5 Å². The number of amides is 1. The number of benzene rings is 1. The molecule has 1 saturated heterocycles. The highest BCUT2D eigenvalue weighted by Crippen LogP contribution is 2.29. The maximum atomic E-state index is 12.4. The molecule has 2 heterocycles. The van der Waals surface area contributed by atoms with Gasteiger partial charge in [-0.1, -0.05) is 49.1 Å². The predicted octanol–water partition coefficient (Wildman–Crippen LogP) is 4.90. The number of rotatable bonds is 6. The Bertz CT molecular complexity index is 729. The van der Waals surface area contributed by atoms with Gasteiger partial charge >= 0.3 is 0 Å². The molecule has 0 saturated carbocycles. The summed E-state index contributed by atoms with van der Waals surface area (Å²) in [7, 11) is 0. The van der Waals surface area contributed by atoms with E-state index in [1.165, 1.54) is 35.1 Å². The molecule has 5 nitrogen and oxygen atoms in total. The maximum Gasteiger partial charge on any atom is 0.233 e. The number of anilines is 2. The van der Waals surface area contributed by atoms with Crippen LogP contribution in [-0.4, -0.2) is 39.3 Å². The highest BCUT2D eigenvalue weighted by Gasteiger charge is 2.23. The lowest BCUT2D eigenvalue weighted by atomic mass is 10.0. The number of thioether (sulfide) groups is 1. The second-order valence-electron chi connectivity index (χ2n) is 7.00. The first-order chi connectivity index (χ1) is 12.5. The van der Waals surface area contributed by atoms with Crippen molar-refractivity contribution in [3.63, 3.8) is 0 Å². The Morgan fingerprint density at radius 2 is 2.08 bits per heavy atom. The molecule has 140 valence electrons. The van der Waals surface area contributed by atoms with Gasteiger partial charge in [-0.2, -0.15) is 0 Å². The van der Waals surface area contributed by atoms with Crippen molar-refractivity contribution < 1.29 is 4.79 Å². The van der Waals surface area contributed by atoms with E-state index in [1.807, 2.05) is 4.90 Å². The molecular weight excluding hydrogens is 364 g/mol. The Labute approximate surface area is 163 Å². The van der Waals surface area contributed by atoms with E-state index < -0.39 is 0 Å². The van der Waals surface area contributed by atoms with Crippen LogP contribution in [-0.2, 0) is 4.79 Å². The average Bonchev–Trinajstić information content (AvgIpc) is 3.08. The van der Waals surface area contributed by atoms with E-state index >= 15 is 0 Å². The minimum atomic E-state index is 0.205. The van der Waals surface area contributed by atoms with Gasteiger partial charge in [0.05, 0.1) is 5.75 Å². The highest BCUT2D eigenvalue weighted by atomic mass is 32.2. The van der Waals surface area contributed by atoms with Crippen molar-refractivity contribution in [2.24, 2.45) is 0 Å². The molecule has 1 atom stereocenters. The summed E-state index contributed by atoms with van der Waals surface area (Å²) in [5.41, 5.74) is 2.31. The molecule has 1 aromatic heterocycles. The number of hydrogen-bond acceptors (Lipinski definition) is 6. The molecule has 1 N–H and O–H groups in total. The van der Waals surface area contributed by atoms with Gasteiger partial charge in [0, 0.05) is 18.3 Å². The third-order valence-electron chi connectivity index (χ3n) is 4.68. The van der Waals surface area contributed by atoms with Gasteiger partial charge in [-0.15, -0.1) is 10.2 Å². The second kappa shape index (κ2) is 8.86. The van der Waals surface area contributed by atoms with Crippen LogP contribution in [0.3, 0.4) is 0 Å². The van der Waals surface area contributed by atoms with Crippen LogP contribution >= 0.6 is 23.1 Å². The van der Waals surface area contributed by atoms with Gasteiger partial charge < -0.3 is 10.2 Å². The minimum absolute atomic E-state index is 0.205. The monoisotopic (exact) mass is 390 g/mol. The first-order valence-corrected chi connectivity index (χ1v) is 11.0. The lowest BCUT2D eigenvalue weighted by molar-refractivity contribution is -0.131. The fourth-order valence-electron chi connectivity index (χ4n) is 3.07. The van der Waals surface area contributed by atoms with Crippen LogP contribution in [0.4, 0.5) is 10.8 Å². The van der Waals surface area contributed by atoms with Gasteiger partial charge in [-0.25, -0.2) is 0 Å². The molecule has 7 heteroatoms. The molecule has 1 aromatic carbocycles. The smallest absolute Gasteiger partial charge is 0.233 e. The Hall–Kier alpha value is -1.60. The lowest BCUT2D eigenvalue weighted by Gasteiger charge is -2.33. The summed E-state index contributed by atoms with van der Waals surface area (Å²) >= 11 is 2.96. The minimum Gasteiger partial charge on any atom is -0.339 e. The van der Waals surface area contributed by atoms with Crippen LogP contribution in [0.15, 0.2) is 28.6 Å².